The maximum absolute atomic E-state index is 12.9. The Morgan fingerprint density at radius 2 is 2.00 bits per heavy atom. The van der Waals surface area contributed by atoms with Crippen molar-refractivity contribution in [2.45, 2.75) is 19.3 Å². The van der Waals surface area contributed by atoms with Crippen LogP contribution in [0.5, 0.6) is 0 Å². The number of unbranched alkanes of at least 4 members (excludes halogenated alkanes) is 1. The Balaban J connectivity index is 2.21. The number of para-hydroxylation sites is 1. The Morgan fingerprint density at radius 3 is 2.65 bits per heavy atom. The fraction of sp³-hybridized carbons (Fsp3) is 0.429. The number of allylic oxidation sites excluding steroid dienone is 1. The van der Waals surface area contributed by atoms with Gasteiger partial charge in [-0.1, -0.05) is 18.2 Å². The maximum atomic E-state index is 12.9. The average Bonchev–Trinajstić information content (AvgIpc) is 2.36. The molecule has 3 heteroatoms. The van der Waals surface area contributed by atoms with E-state index < -0.39 is 0 Å². The van der Waals surface area contributed by atoms with Crippen molar-refractivity contribution in [3.05, 3.63) is 42.2 Å². The average molecular weight is 237 g/mol. The summed E-state index contributed by atoms with van der Waals surface area (Å²) in [7, 11) is 2.04. The van der Waals surface area contributed by atoms with Gasteiger partial charge >= 0.3 is 0 Å². The van der Waals surface area contributed by atoms with Crippen molar-refractivity contribution in [1.29, 1.82) is 0 Å². The first-order valence-electron chi connectivity index (χ1n) is 5.95. The Labute approximate surface area is 102 Å². The van der Waals surface area contributed by atoms with Crippen molar-refractivity contribution in [1.82, 2.24) is 0 Å². The second kappa shape index (κ2) is 7.85. The molecule has 0 heterocycles. The first-order valence-corrected chi connectivity index (χ1v) is 5.95. The molecule has 0 fully saturated rings. The lowest BCUT2D eigenvalue weighted by molar-refractivity contribution is 0.337. The molecule has 0 spiro atoms. The summed E-state index contributed by atoms with van der Waals surface area (Å²) in [6.07, 6.45) is 3.39. The SMILES string of the molecule is CN(CCCC/C(F)=C/CO)c1ccccc1. The van der Waals surface area contributed by atoms with Gasteiger partial charge in [-0.15, -0.1) is 0 Å². The van der Waals surface area contributed by atoms with Crippen molar-refractivity contribution in [3.8, 4) is 0 Å². The molecule has 0 bridgehead atoms. The quantitative estimate of drug-likeness (QED) is 0.736. The molecule has 0 radical (unpaired) electrons. The molecule has 0 saturated carbocycles. The Hall–Kier alpha value is -1.35. The number of halogens is 1. The van der Waals surface area contributed by atoms with Crippen molar-refractivity contribution >= 4 is 5.69 Å². The van der Waals surface area contributed by atoms with Crippen LogP contribution in [-0.4, -0.2) is 25.3 Å². The minimum absolute atomic E-state index is 0.213. The number of benzene rings is 1. The largest absolute Gasteiger partial charge is 0.392 e. The third-order valence-corrected chi connectivity index (χ3v) is 2.67. The molecule has 2 nitrogen and oxygen atoms in total. The highest BCUT2D eigenvalue weighted by atomic mass is 19.1. The van der Waals surface area contributed by atoms with E-state index in [1.165, 1.54) is 11.8 Å². The molecule has 94 valence electrons. The number of hydrogen-bond acceptors (Lipinski definition) is 2. The van der Waals surface area contributed by atoms with Crippen molar-refractivity contribution in [3.63, 3.8) is 0 Å². The van der Waals surface area contributed by atoms with E-state index in [0.717, 1.165) is 19.4 Å². The molecule has 0 unspecified atom stereocenters. The third kappa shape index (κ3) is 5.50. The standard InChI is InChI=1S/C14H20FNO/c1-16(14-8-3-2-4-9-14)11-6-5-7-13(15)10-12-17/h2-4,8-10,17H,5-7,11-12H2,1H3/b13-10-. The molecule has 17 heavy (non-hydrogen) atoms. The minimum atomic E-state index is -0.213. The van der Waals surface area contributed by atoms with Gasteiger partial charge in [-0.3, -0.25) is 0 Å². The predicted molar refractivity (Wildman–Crippen MR) is 69.8 cm³/mol. The zero-order valence-corrected chi connectivity index (χ0v) is 10.3. The zero-order chi connectivity index (χ0) is 12.5. The van der Waals surface area contributed by atoms with Gasteiger partial charge in [0, 0.05) is 19.3 Å². The number of aliphatic hydroxyl groups is 1. The highest BCUT2D eigenvalue weighted by molar-refractivity contribution is 5.44. The molecule has 0 saturated heterocycles. The molecular formula is C14H20FNO. The van der Waals surface area contributed by atoms with Gasteiger partial charge in [0.15, 0.2) is 0 Å². The van der Waals surface area contributed by atoms with E-state index in [2.05, 4.69) is 17.0 Å². The lowest BCUT2D eigenvalue weighted by Gasteiger charge is -2.18. The van der Waals surface area contributed by atoms with Crippen LogP contribution in [0.15, 0.2) is 42.2 Å². The van der Waals surface area contributed by atoms with Gasteiger partial charge in [0.25, 0.3) is 0 Å². The molecule has 0 atom stereocenters. The van der Waals surface area contributed by atoms with Crippen LogP contribution >= 0.6 is 0 Å². The summed E-state index contributed by atoms with van der Waals surface area (Å²) in [5.74, 6) is -0.213. The van der Waals surface area contributed by atoms with Gasteiger partial charge in [0.05, 0.1) is 12.4 Å². The van der Waals surface area contributed by atoms with Crippen molar-refractivity contribution in [2.75, 3.05) is 25.1 Å². The summed E-state index contributed by atoms with van der Waals surface area (Å²) in [6.45, 7) is 0.701. The summed E-state index contributed by atoms with van der Waals surface area (Å²) in [6, 6.07) is 10.1. The van der Waals surface area contributed by atoms with Gasteiger partial charge in [-0.05, 0) is 37.5 Å². The van der Waals surface area contributed by atoms with E-state index >= 15 is 0 Å². The second-order valence-electron chi connectivity index (χ2n) is 4.05. The lowest BCUT2D eigenvalue weighted by Crippen LogP contribution is -2.18. The number of hydrogen-bond donors (Lipinski definition) is 1. The molecule has 1 rings (SSSR count). The van der Waals surface area contributed by atoms with Crippen LogP contribution in [0.4, 0.5) is 10.1 Å². The van der Waals surface area contributed by atoms with E-state index in [0.29, 0.717) is 6.42 Å². The van der Waals surface area contributed by atoms with Gasteiger partial charge in [-0.25, -0.2) is 4.39 Å². The van der Waals surface area contributed by atoms with Crippen LogP contribution in [0.3, 0.4) is 0 Å². The van der Waals surface area contributed by atoms with Crippen LogP contribution in [0.1, 0.15) is 19.3 Å². The second-order valence-corrected chi connectivity index (χ2v) is 4.05. The first kappa shape index (κ1) is 13.7. The Morgan fingerprint density at radius 1 is 1.29 bits per heavy atom. The van der Waals surface area contributed by atoms with Crippen LogP contribution in [0, 0.1) is 0 Å². The fourth-order valence-electron chi connectivity index (χ4n) is 1.66. The molecule has 0 amide bonds. The smallest absolute Gasteiger partial charge is 0.0982 e. The topological polar surface area (TPSA) is 23.5 Å². The number of anilines is 1. The lowest BCUT2D eigenvalue weighted by atomic mass is 10.2. The van der Waals surface area contributed by atoms with E-state index in [-0.39, 0.29) is 12.4 Å². The highest BCUT2D eigenvalue weighted by Gasteiger charge is 2.00. The minimum Gasteiger partial charge on any atom is -0.392 e. The van der Waals surface area contributed by atoms with Crippen molar-refractivity contribution in [2.24, 2.45) is 0 Å². The maximum Gasteiger partial charge on any atom is 0.0982 e. The molecule has 1 N–H and O–H groups in total. The predicted octanol–water partition coefficient (Wildman–Crippen LogP) is 3.14. The van der Waals surface area contributed by atoms with Crippen LogP contribution in [0.2, 0.25) is 0 Å². The van der Waals surface area contributed by atoms with E-state index in [1.807, 2.05) is 25.2 Å². The molecule has 1 aromatic rings. The molecule has 1 aromatic carbocycles. The van der Waals surface area contributed by atoms with E-state index in [9.17, 15) is 4.39 Å². The highest BCUT2D eigenvalue weighted by Crippen LogP contribution is 2.13. The number of rotatable bonds is 7. The van der Waals surface area contributed by atoms with Gasteiger partial charge in [-0.2, -0.15) is 0 Å². The summed E-state index contributed by atoms with van der Waals surface area (Å²) in [5.41, 5.74) is 1.18. The normalized spacial score (nSPS) is 11.6. The molecular weight excluding hydrogens is 217 g/mol. The molecule has 0 aliphatic heterocycles. The summed E-state index contributed by atoms with van der Waals surface area (Å²) >= 11 is 0. The Bertz CT molecular complexity index is 337. The summed E-state index contributed by atoms with van der Waals surface area (Å²) in [5, 5.41) is 8.51. The fourth-order valence-corrected chi connectivity index (χ4v) is 1.66. The van der Waals surface area contributed by atoms with Crippen molar-refractivity contribution < 1.29 is 9.50 Å². The first-order chi connectivity index (χ1) is 8.24. The monoisotopic (exact) mass is 237 g/mol. The van der Waals surface area contributed by atoms with Gasteiger partial charge in [0.2, 0.25) is 0 Å². The van der Waals surface area contributed by atoms with Crippen LogP contribution in [0.25, 0.3) is 0 Å². The molecule has 0 aromatic heterocycles. The third-order valence-electron chi connectivity index (χ3n) is 2.67. The summed E-state index contributed by atoms with van der Waals surface area (Å²) in [4.78, 5) is 2.16. The van der Waals surface area contributed by atoms with Crippen LogP contribution in [-0.2, 0) is 0 Å². The van der Waals surface area contributed by atoms with E-state index in [4.69, 9.17) is 5.11 Å². The van der Waals surface area contributed by atoms with Gasteiger partial charge < -0.3 is 10.0 Å². The van der Waals surface area contributed by atoms with Crippen LogP contribution < -0.4 is 4.90 Å². The van der Waals surface area contributed by atoms with E-state index in [1.54, 1.807) is 0 Å². The summed E-state index contributed by atoms with van der Waals surface area (Å²) < 4.78 is 12.9. The Kier molecular flexibility index (Phi) is 6.33. The number of aliphatic hydroxyl groups excluding tert-OH is 1. The van der Waals surface area contributed by atoms with Gasteiger partial charge in [0.1, 0.15) is 0 Å². The molecule has 0 aliphatic carbocycles. The number of nitrogens with zero attached hydrogens (tertiary/aromatic N) is 1. The zero-order valence-electron chi connectivity index (χ0n) is 10.3. The molecule has 0 aliphatic rings.